The van der Waals surface area contributed by atoms with Crippen LogP contribution in [-0.4, -0.2) is 22.8 Å². The average molecular weight is 305 g/mol. The number of nitrogens with zero attached hydrogens (tertiary/aromatic N) is 2. The van der Waals surface area contributed by atoms with E-state index < -0.39 is 0 Å². The minimum absolute atomic E-state index is 0.486. The van der Waals surface area contributed by atoms with Gasteiger partial charge >= 0.3 is 0 Å². The topological polar surface area (TPSA) is 51.0 Å². The van der Waals surface area contributed by atoms with Gasteiger partial charge in [-0.3, -0.25) is 0 Å². The molecule has 2 heterocycles. The first-order valence-electron chi connectivity index (χ1n) is 7.90. The molecule has 1 N–H and O–H groups in total. The Bertz CT molecular complexity index is 565. The molecule has 0 unspecified atom stereocenters. The van der Waals surface area contributed by atoms with Crippen LogP contribution >= 0.6 is 11.3 Å². The fourth-order valence-corrected chi connectivity index (χ4v) is 3.87. The van der Waals surface area contributed by atoms with Gasteiger partial charge in [0.2, 0.25) is 5.89 Å². The molecule has 21 heavy (non-hydrogen) atoms. The van der Waals surface area contributed by atoms with Gasteiger partial charge in [-0.15, -0.1) is 21.5 Å². The average Bonchev–Trinajstić information content (AvgIpc) is 3.01. The summed E-state index contributed by atoms with van der Waals surface area (Å²) in [4.78, 5) is 2.65. The number of aryl methyl sites for hydroxylation is 2. The number of aromatic nitrogens is 2. The van der Waals surface area contributed by atoms with Crippen LogP contribution in [0.1, 0.15) is 49.4 Å². The molecule has 1 aliphatic carbocycles. The van der Waals surface area contributed by atoms with Crippen LogP contribution in [0.2, 0.25) is 0 Å². The predicted octanol–water partition coefficient (Wildman–Crippen LogP) is 3.61. The number of fused-ring (bicyclic) bond motifs is 1. The Balaban J connectivity index is 1.68. The first kappa shape index (κ1) is 14.7. The first-order chi connectivity index (χ1) is 10.2. The van der Waals surface area contributed by atoms with Gasteiger partial charge in [0.05, 0.1) is 4.88 Å². The minimum Gasteiger partial charge on any atom is -0.420 e. The molecule has 114 valence electrons. The van der Waals surface area contributed by atoms with Crippen molar-refractivity contribution in [2.24, 2.45) is 0 Å². The predicted molar refractivity (Wildman–Crippen MR) is 85.7 cm³/mol. The van der Waals surface area contributed by atoms with Gasteiger partial charge < -0.3 is 9.73 Å². The molecule has 0 saturated carbocycles. The monoisotopic (exact) mass is 305 g/mol. The van der Waals surface area contributed by atoms with Gasteiger partial charge in [-0.25, -0.2) is 0 Å². The van der Waals surface area contributed by atoms with E-state index >= 15 is 0 Å². The zero-order valence-electron chi connectivity index (χ0n) is 12.8. The van der Waals surface area contributed by atoms with Crippen LogP contribution in [0.3, 0.4) is 0 Å². The Labute approximate surface area is 130 Å². The van der Waals surface area contributed by atoms with Crippen molar-refractivity contribution in [1.29, 1.82) is 0 Å². The van der Waals surface area contributed by atoms with E-state index in [1.54, 1.807) is 0 Å². The van der Waals surface area contributed by atoms with Crippen molar-refractivity contribution in [1.82, 2.24) is 15.5 Å². The van der Waals surface area contributed by atoms with Crippen molar-refractivity contribution in [3.05, 3.63) is 22.4 Å². The molecule has 0 aliphatic heterocycles. The lowest BCUT2D eigenvalue weighted by atomic mass is 10.1. The van der Waals surface area contributed by atoms with E-state index in [0.717, 1.165) is 23.7 Å². The van der Waals surface area contributed by atoms with Crippen molar-refractivity contribution in [2.75, 3.05) is 6.54 Å². The van der Waals surface area contributed by atoms with Crippen molar-refractivity contribution in [3.8, 4) is 10.8 Å². The zero-order chi connectivity index (χ0) is 14.7. The number of nitrogens with one attached hydrogen (secondary N) is 1. The fraction of sp³-hybridized carbons (Fsp3) is 0.625. The molecule has 4 nitrogen and oxygen atoms in total. The first-order valence-corrected chi connectivity index (χ1v) is 8.72. The quantitative estimate of drug-likeness (QED) is 0.857. The summed E-state index contributed by atoms with van der Waals surface area (Å²) >= 11 is 1.83. The number of hydrogen-bond donors (Lipinski definition) is 1. The molecule has 0 bridgehead atoms. The van der Waals surface area contributed by atoms with Crippen LogP contribution in [0.15, 0.2) is 10.5 Å². The summed E-state index contributed by atoms with van der Waals surface area (Å²) in [7, 11) is 0. The van der Waals surface area contributed by atoms with Crippen LogP contribution in [-0.2, 0) is 19.3 Å². The summed E-state index contributed by atoms with van der Waals surface area (Å²) in [6.07, 6.45) is 7.16. The number of hydrogen-bond acceptors (Lipinski definition) is 5. The molecule has 0 radical (unpaired) electrons. The summed E-state index contributed by atoms with van der Waals surface area (Å²) in [5.74, 6) is 1.41. The molecular weight excluding hydrogens is 282 g/mol. The van der Waals surface area contributed by atoms with Crippen molar-refractivity contribution < 1.29 is 4.42 Å². The fourth-order valence-electron chi connectivity index (χ4n) is 2.69. The Hall–Kier alpha value is -1.20. The second-order valence-electron chi connectivity index (χ2n) is 5.98. The van der Waals surface area contributed by atoms with Crippen LogP contribution in [0.5, 0.6) is 0 Å². The van der Waals surface area contributed by atoms with Gasteiger partial charge in [0.1, 0.15) is 0 Å². The molecule has 2 aromatic rings. The van der Waals surface area contributed by atoms with Gasteiger partial charge in [0, 0.05) is 23.9 Å². The highest BCUT2D eigenvalue weighted by Gasteiger charge is 2.16. The van der Waals surface area contributed by atoms with E-state index in [9.17, 15) is 0 Å². The third-order valence-electron chi connectivity index (χ3n) is 3.82. The summed E-state index contributed by atoms with van der Waals surface area (Å²) in [6.45, 7) is 5.15. The van der Waals surface area contributed by atoms with E-state index in [-0.39, 0.29) is 0 Å². The van der Waals surface area contributed by atoms with Gasteiger partial charge in [0.15, 0.2) is 0 Å². The maximum atomic E-state index is 5.81. The molecular formula is C16H23N3OS. The lowest BCUT2D eigenvalue weighted by molar-refractivity contribution is 0.485. The van der Waals surface area contributed by atoms with Crippen molar-refractivity contribution in [2.45, 2.75) is 58.4 Å². The van der Waals surface area contributed by atoms with Crippen LogP contribution in [0.25, 0.3) is 10.8 Å². The van der Waals surface area contributed by atoms with Gasteiger partial charge in [-0.2, -0.15) is 0 Å². The lowest BCUT2D eigenvalue weighted by Crippen LogP contribution is -2.25. The zero-order valence-corrected chi connectivity index (χ0v) is 13.6. The van der Waals surface area contributed by atoms with E-state index in [0.29, 0.717) is 11.9 Å². The standard InChI is InChI=1S/C16H23N3OS/c1-11(2)17-9-8-15-18-19-16(20-15)14-10-12-6-4-3-5-7-13(12)21-14/h10-11,17H,3-9H2,1-2H3. The smallest absolute Gasteiger partial charge is 0.257 e. The Morgan fingerprint density at radius 3 is 2.95 bits per heavy atom. The maximum Gasteiger partial charge on any atom is 0.257 e. The SMILES string of the molecule is CC(C)NCCc1nnc(-c2cc3c(s2)CCCCC3)o1. The van der Waals surface area contributed by atoms with Crippen LogP contribution in [0, 0.1) is 0 Å². The molecule has 3 rings (SSSR count). The molecule has 0 atom stereocenters. The second-order valence-corrected chi connectivity index (χ2v) is 7.12. The second kappa shape index (κ2) is 6.71. The number of rotatable bonds is 5. The molecule has 0 amide bonds. The highest BCUT2D eigenvalue weighted by molar-refractivity contribution is 7.15. The molecule has 2 aromatic heterocycles. The highest BCUT2D eigenvalue weighted by atomic mass is 32.1. The highest BCUT2D eigenvalue weighted by Crippen LogP contribution is 2.34. The Morgan fingerprint density at radius 1 is 1.24 bits per heavy atom. The molecule has 1 aliphatic rings. The van der Waals surface area contributed by atoms with E-state index in [2.05, 4.69) is 35.4 Å². The summed E-state index contributed by atoms with van der Waals surface area (Å²) in [6, 6.07) is 2.75. The van der Waals surface area contributed by atoms with Gasteiger partial charge in [-0.05, 0) is 37.3 Å². The molecule has 0 spiro atoms. The third-order valence-corrected chi connectivity index (χ3v) is 5.04. The normalized spacial score (nSPS) is 15.2. The molecule has 0 aromatic carbocycles. The van der Waals surface area contributed by atoms with Crippen LogP contribution in [0.4, 0.5) is 0 Å². The van der Waals surface area contributed by atoms with Crippen molar-refractivity contribution in [3.63, 3.8) is 0 Å². The van der Waals surface area contributed by atoms with Gasteiger partial charge in [-0.1, -0.05) is 20.3 Å². The summed E-state index contributed by atoms with van der Waals surface area (Å²) in [5, 5.41) is 11.7. The summed E-state index contributed by atoms with van der Waals surface area (Å²) in [5.41, 5.74) is 1.49. The Morgan fingerprint density at radius 2 is 2.10 bits per heavy atom. The van der Waals surface area contributed by atoms with Crippen LogP contribution < -0.4 is 5.32 Å². The van der Waals surface area contributed by atoms with Gasteiger partial charge in [0.25, 0.3) is 5.89 Å². The molecule has 0 fully saturated rings. The van der Waals surface area contributed by atoms with E-state index in [1.807, 2.05) is 11.3 Å². The third kappa shape index (κ3) is 3.71. The van der Waals surface area contributed by atoms with E-state index in [1.165, 1.54) is 42.5 Å². The largest absolute Gasteiger partial charge is 0.420 e. The van der Waals surface area contributed by atoms with Crippen molar-refractivity contribution >= 4 is 11.3 Å². The maximum absolute atomic E-state index is 5.81. The number of thiophene rings is 1. The molecule has 5 heteroatoms. The minimum atomic E-state index is 0.486. The Kier molecular flexibility index (Phi) is 4.70. The summed E-state index contributed by atoms with van der Waals surface area (Å²) < 4.78 is 5.81. The lowest BCUT2D eigenvalue weighted by Gasteiger charge is -2.04. The molecule has 0 saturated heterocycles. The van der Waals surface area contributed by atoms with E-state index in [4.69, 9.17) is 4.42 Å².